The Balaban J connectivity index is 1.65. The first kappa shape index (κ1) is 14.6. The van der Waals surface area contributed by atoms with Gasteiger partial charge in [-0.25, -0.2) is 9.97 Å². The van der Waals surface area contributed by atoms with Crippen LogP contribution in [0, 0.1) is 0 Å². The number of methoxy groups -OCH3 is 1. The number of nitrogens with one attached hydrogen (secondary N) is 2. The molecule has 0 radical (unpaired) electrons. The number of H-pyrrole nitrogens is 1. The number of fused-ring (bicyclic) bond motifs is 1. The third kappa shape index (κ3) is 2.83. The van der Waals surface area contributed by atoms with Gasteiger partial charge in [0.25, 0.3) is 0 Å². The highest BCUT2D eigenvalue weighted by Crippen LogP contribution is 2.33. The van der Waals surface area contributed by atoms with Crippen molar-refractivity contribution in [2.45, 2.75) is 6.04 Å². The summed E-state index contributed by atoms with van der Waals surface area (Å²) in [5, 5.41) is 4.66. The lowest BCUT2D eigenvalue weighted by atomic mass is 10.2. The van der Waals surface area contributed by atoms with Gasteiger partial charge in [-0.2, -0.15) is 0 Å². The molecule has 4 rings (SSSR count). The highest BCUT2D eigenvalue weighted by atomic mass is 32.1. The Bertz CT molecular complexity index is 763. The maximum Gasteiger partial charge on any atom is 0.160 e. The molecule has 0 aliphatic carbocycles. The van der Waals surface area contributed by atoms with E-state index in [0.717, 1.165) is 48.8 Å². The molecule has 2 aromatic heterocycles. The fraction of sp³-hybridized carbons (Fsp3) is 0.375. The van der Waals surface area contributed by atoms with Crippen LogP contribution in [-0.2, 0) is 4.74 Å². The Morgan fingerprint density at radius 3 is 3.17 bits per heavy atom. The normalized spacial score (nSPS) is 18.7. The number of anilines is 1. The number of imidazole rings is 1. The molecule has 120 valence electrons. The molecule has 1 fully saturated rings. The van der Waals surface area contributed by atoms with Crippen LogP contribution in [0.3, 0.4) is 0 Å². The summed E-state index contributed by atoms with van der Waals surface area (Å²) in [6.07, 6.45) is 0. The van der Waals surface area contributed by atoms with Gasteiger partial charge in [0.15, 0.2) is 5.82 Å². The van der Waals surface area contributed by atoms with E-state index < -0.39 is 0 Å². The van der Waals surface area contributed by atoms with Crippen LogP contribution < -0.4 is 10.2 Å². The van der Waals surface area contributed by atoms with Crippen LogP contribution in [0.1, 0.15) is 0 Å². The zero-order chi connectivity index (χ0) is 15.6. The number of para-hydroxylation sites is 2. The van der Waals surface area contributed by atoms with Crippen LogP contribution >= 0.6 is 11.3 Å². The first-order valence-electron chi connectivity index (χ1n) is 7.71. The third-order valence-electron chi connectivity index (χ3n) is 4.07. The van der Waals surface area contributed by atoms with E-state index in [1.807, 2.05) is 29.8 Å². The van der Waals surface area contributed by atoms with Crippen molar-refractivity contribution in [3.63, 3.8) is 0 Å². The van der Waals surface area contributed by atoms with Crippen LogP contribution in [-0.4, -0.2) is 54.3 Å². The highest BCUT2D eigenvalue weighted by molar-refractivity contribution is 7.14. The number of nitrogens with zero attached hydrogens (tertiary/aromatic N) is 3. The molecule has 7 heteroatoms. The summed E-state index contributed by atoms with van der Waals surface area (Å²) >= 11 is 1.67. The predicted octanol–water partition coefficient (Wildman–Crippen LogP) is 2.11. The van der Waals surface area contributed by atoms with Crippen molar-refractivity contribution >= 4 is 27.4 Å². The van der Waals surface area contributed by atoms with Crippen molar-refractivity contribution in [3.05, 3.63) is 29.8 Å². The van der Waals surface area contributed by atoms with Gasteiger partial charge in [0.05, 0.1) is 23.2 Å². The molecule has 0 spiro atoms. The Morgan fingerprint density at radius 1 is 1.39 bits per heavy atom. The molecule has 1 atom stereocenters. The molecule has 0 amide bonds. The SMILES string of the molecule is COC[C@H]1CN(c2scnc2-c2nc3ccccc3[nH]2)CCN1. The molecule has 1 aromatic carbocycles. The maximum absolute atomic E-state index is 5.28. The molecule has 0 unspecified atom stereocenters. The van der Waals surface area contributed by atoms with Gasteiger partial charge in [-0.05, 0) is 12.1 Å². The lowest BCUT2D eigenvalue weighted by Gasteiger charge is -2.34. The molecule has 3 heterocycles. The lowest BCUT2D eigenvalue weighted by molar-refractivity contribution is 0.163. The second kappa shape index (κ2) is 6.27. The van der Waals surface area contributed by atoms with E-state index in [1.165, 1.54) is 5.00 Å². The van der Waals surface area contributed by atoms with E-state index in [2.05, 4.69) is 25.2 Å². The molecule has 1 saturated heterocycles. The largest absolute Gasteiger partial charge is 0.383 e. The van der Waals surface area contributed by atoms with Crippen molar-refractivity contribution in [1.82, 2.24) is 20.3 Å². The molecular weight excluding hydrogens is 310 g/mol. The number of piperazine rings is 1. The molecule has 2 N–H and O–H groups in total. The number of hydrogen-bond acceptors (Lipinski definition) is 6. The minimum absolute atomic E-state index is 0.347. The number of aromatic amines is 1. The number of thiazole rings is 1. The van der Waals surface area contributed by atoms with Gasteiger partial charge in [0.2, 0.25) is 0 Å². The summed E-state index contributed by atoms with van der Waals surface area (Å²) in [6, 6.07) is 8.41. The fourth-order valence-electron chi connectivity index (χ4n) is 3.01. The van der Waals surface area contributed by atoms with Crippen LogP contribution in [0.15, 0.2) is 29.8 Å². The second-order valence-corrected chi connectivity index (χ2v) is 6.49. The minimum Gasteiger partial charge on any atom is -0.383 e. The Kier molecular flexibility index (Phi) is 3.99. The average molecular weight is 329 g/mol. The average Bonchev–Trinajstić information content (AvgIpc) is 3.22. The molecule has 6 nitrogen and oxygen atoms in total. The first-order valence-corrected chi connectivity index (χ1v) is 8.59. The van der Waals surface area contributed by atoms with Crippen molar-refractivity contribution < 1.29 is 4.74 Å². The molecule has 23 heavy (non-hydrogen) atoms. The number of aromatic nitrogens is 3. The van der Waals surface area contributed by atoms with Gasteiger partial charge >= 0.3 is 0 Å². The summed E-state index contributed by atoms with van der Waals surface area (Å²) in [6.45, 7) is 3.56. The van der Waals surface area contributed by atoms with E-state index in [4.69, 9.17) is 4.74 Å². The predicted molar refractivity (Wildman–Crippen MR) is 93.1 cm³/mol. The topological polar surface area (TPSA) is 66.1 Å². The van der Waals surface area contributed by atoms with E-state index in [1.54, 1.807) is 18.4 Å². The summed E-state index contributed by atoms with van der Waals surface area (Å²) < 4.78 is 5.28. The first-order chi connectivity index (χ1) is 11.3. The number of rotatable bonds is 4. The van der Waals surface area contributed by atoms with Crippen molar-refractivity contribution in [1.29, 1.82) is 0 Å². The van der Waals surface area contributed by atoms with Gasteiger partial charge in [-0.15, -0.1) is 11.3 Å². The smallest absolute Gasteiger partial charge is 0.160 e. The molecule has 3 aromatic rings. The second-order valence-electron chi connectivity index (χ2n) is 5.66. The summed E-state index contributed by atoms with van der Waals surface area (Å²) in [5.41, 5.74) is 4.84. The Hall–Kier alpha value is -1.96. The van der Waals surface area contributed by atoms with Gasteiger partial charge in [0.1, 0.15) is 10.7 Å². The molecule has 0 bridgehead atoms. The molecule has 1 aliphatic rings. The Morgan fingerprint density at radius 2 is 2.30 bits per heavy atom. The number of ether oxygens (including phenoxy) is 1. The lowest BCUT2D eigenvalue weighted by Crippen LogP contribution is -2.52. The van der Waals surface area contributed by atoms with Crippen LogP contribution in [0.4, 0.5) is 5.00 Å². The van der Waals surface area contributed by atoms with Gasteiger partial charge in [0, 0.05) is 32.8 Å². The minimum atomic E-state index is 0.347. The molecule has 1 aliphatic heterocycles. The van der Waals surface area contributed by atoms with Crippen LogP contribution in [0.25, 0.3) is 22.6 Å². The summed E-state index contributed by atoms with van der Waals surface area (Å²) in [4.78, 5) is 15.0. The maximum atomic E-state index is 5.28. The van der Waals surface area contributed by atoms with E-state index >= 15 is 0 Å². The summed E-state index contributed by atoms with van der Waals surface area (Å²) in [5.74, 6) is 0.837. The van der Waals surface area contributed by atoms with Gasteiger partial charge in [-0.3, -0.25) is 0 Å². The van der Waals surface area contributed by atoms with Crippen LogP contribution in [0.2, 0.25) is 0 Å². The zero-order valence-corrected chi connectivity index (χ0v) is 13.8. The molecular formula is C16H19N5OS. The number of benzene rings is 1. The Labute approximate surface area is 138 Å². The monoisotopic (exact) mass is 329 g/mol. The van der Waals surface area contributed by atoms with Crippen molar-refractivity contribution in [3.8, 4) is 11.5 Å². The quantitative estimate of drug-likeness (QED) is 0.767. The standard InChI is InChI=1S/C16H19N5OS/c1-22-9-11-8-21(7-6-17-11)16-14(18-10-23-16)15-19-12-4-2-3-5-13(12)20-15/h2-5,10-11,17H,6-9H2,1H3,(H,19,20)/t11-/m1/s1. The fourth-order valence-corrected chi connectivity index (χ4v) is 3.85. The van der Waals surface area contributed by atoms with Crippen molar-refractivity contribution in [2.24, 2.45) is 0 Å². The zero-order valence-electron chi connectivity index (χ0n) is 13.0. The summed E-state index contributed by atoms with van der Waals surface area (Å²) in [7, 11) is 1.74. The van der Waals surface area contributed by atoms with Crippen molar-refractivity contribution in [2.75, 3.05) is 38.3 Å². The van der Waals surface area contributed by atoms with E-state index in [0.29, 0.717) is 6.04 Å². The third-order valence-corrected chi connectivity index (χ3v) is 4.96. The molecule has 0 saturated carbocycles. The van der Waals surface area contributed by atoms with Gasteiger partial charge in [-0.1, -0.05) is 12.1 Å². The highest BCUT2D eigenvalue weighted by Gasteiger charge is 2.24. The van der Waals surface area contributed by atoms with E-state index in [9.17, 15) is 0 Å². The van der Waals surface area contributed by atoms with E-state index in [-0.39, 0.29) is 0 Å². The van der Waals surface area contributed by atoms with Gasteiger partial charge < -0.3 is 19.9 Å². The number of hydrogen-bond donors (Lipinski definition) is 2. The van der Waals surface area contributed by atoms with Crippen LogP contribution in [0.5, 0.6) is 0 Å².